The summed E-state index contributed by atoms with van der Waals surface area (Å²) in [6, 6.07) is 1.42. The monoisotopic (exact) mass is 467 g/mol. The highest BCUT2D eigenvalue weighted by atomic mass is 35.5. The van der Waals surface area contributed by atoms with Gasteiger partial charge in [0.1, 0.15) is 0 Å². The largest absolute Gasteiger partial charge is 0.397 e. The van der Waals surface area contributed by atoms with E-state index in [0.29, 0.717) is 10.9 Å². The minimum atomic E-state index is -3.78. The topological polar surface area (TPSA) is 84.2 Å². The Morgan fingerprint density at radius 2 is 1.54 bits per heavy atom. The van der Waals surface area contributed by atoms with Crippen LogP contribution < -0.4 is 15.8 Å². The van der Waals surface area contributed by atoms with Crippen LogP contribution in [0, 0.1) is 0 Å². The van der Waals surface area contributed by atoms with E-state index in [0.717, 1.165) is 24.2 Å². The Bertz CT molecular complexity index is 678. The Labute approximate surface area is 184 Å². The number of nitrogens with one attached hydrogen (secondary N) is 2. The highest BCUT2D eigenvalue weighted by Crippen LogP contribution is 2.32. The number of thiophene rings is 1. The maximum atomic E-state index is 12.2. The molecule has 0 aliphatic carbocycles. The van der Waals surface area contributed by atoms with Crippen LogP contribution in [0.4, 0.5) is 5.69 Å². The summed E-state index contributed by atoms with van der Waals surface area (Å²) < 4.78 is 27.1. The lowest BCUT2D eigenvalue weighted by Crippen LogP contribution is -2.39. The van der Waals surface area contributed by atoms with E-state index in [1.165, 1.54) is 70.3 Å². The van der Waals surface area contributed by atoms with Gasteiger partial charge in [-0.15, -0.1) is 11.3 Å². The van der Waals surface area contributed by atoms with Gasteiger partial charge in [0.25, 0.3) is 10.0 Å². The van der Waals surface area contributed by atoms with Crippen molar-refractivity contribution in [2.75, 3.05) is 12.3 Å². The lowest BCUT2D eigenvalue weighted by molar-refractivity contribution is 0.543. The van der Waals surface area contributed by atoms with Crippen molar-refractivity contribution in [1.29, 1.82) is 0 Å². The number of thiocarbonyl (C=S) groups is 1. The zero-order chi connectivity index (χ0) is 20.8. The molecular weight excluding hydrogens is 434 g/mol. The molecule has 0 aliphatic heterocycles. The van der Waals surface area contributed by atoms with Crippen LogP contribution in [0.25, 0.3) is 0 Å². The second kappa shape index (κ2) is 14.4. The minimum absolute atomic E-state index is 0.00739. The van der Waals surface area contributed by atoms with Crippen molar-refractivity contribution in [3.8, 4) is 0 Å². The van der Waals surface area contributed by atoms with Gasteiger partial charge in [0, 0.05) is 6.54 Å². The normalized spacial score (nSPS) is 11.5. The highest BCUT2D eigenvalue weighted by molar-refractivity contribution is 7.93. The Balaban J connectivity index is 2.03. The van der Waals surface area contributed by atoms with Crippen LogP contribution in [-0.4, -0.2) is 20.1 Å². The molecule has 0 spiro atoms. The van der Waals surface area contributed by atoms with Crippen LogP contribution in [0.3, 0.4) is 0 Å². The standard InChI is InChI=1S/C19H34ClN3O2S3/c1-2-3-4-5-6-7-8-9-10-11-12-13-14-22-19(26)23-28(24,25)18-16(21)15-17(20)27-18/h15H,2-14,21H2,1H3,(H2,22,23,26). The first-order chi connectivity index (χ1) is 13.4. The van der Waals surface area contributed by atoms with Crippen LogP contribution in [0.1, 0.15) is 84.0 Å². The molecule has 4 N–H and O–H groups in total. The average Bonchev–Trinajstić information content (AvgIpc) is 2.98. The molecule has 1 rings (SSSR count). The molecular formula is C19H34ClN3O2S3. The van der Waals surface area contributed by atoms with Gasteiger partial charge in [0.2, 0.25) is 0 Å². The molecule has 0 radical (unpaired) electrons. The van der Waals surface area contributed by atoms with Crippen LogP contribution >= 0.6 is 35.2 Å². The van der Waals surface area contributed by atoms with E-state index in [9.17, 15) is 8.42 Å². The van der Waals surface area contributed by atoms with Crippen molar-refractivity contribution in [1.82, 2.24) is 10.0 Å². The summed E-state index contributed by atoms with van der Waals surface area (Å²) in [4.78, 5) is 0. The highest BCUT2D eigenvalue weighted by Gasteiger charge is 2.21. The molecule has 1 heterocycles. The molecule has 0 aromatic carbocycles. The van der Waals surface area contributed by atoms with E-state index in [-0.39, 0.29) is 15.0 Å². The number of unbranched alkanes of at least 4 members (excludes halogenated alkanes) is 11. The number of hydrogen-bond acceptors (Lipinski definition) is 5. The number of hydrogen-bond donors (Lipinski definition) is 3. The molecule has 0 fully saturated rings. The summed E-state index contributed by atoms with van der Waals surface area (Å²) >= 11 is 11.8. The van der Waals surface area contributed by atoms with Gasteiger partial charge in [0.05, 0.1) is 10.0 Å². The predicted molar refractivity (Wildman–Crippen MR) is 126 cm³/mol. The fraction of sp³-hybridized carbons (Fsp3) is 0.737. The maximum Gasteiger partial charge on any atom is 0.275 e. The minimum Gasteiger partial charge on any atom is -0.397 e. The van der Waals surface area contributed by atoms with Crippen molar-refractivity contribution in [3.05, 3.63) is 10.4 Å². The number of nitrogens with two attached hydrogens (primary N) is 1. The number of halogens is 1. The van der Waals surface area contributed by atoms with E-state index < -0.39 is 10.0 Å². The second-order valence-electron chi connectivity index (χ2n) is 7.04. The number of anilines is 1. The molecule has 162 valence electrons. The SMILES string of the molecule is CCCCCCCCCCCCCCNC(=S)NS(=O)(=O)c1sc(Cl)cc1N. The van der Waals surface area contributed by atoms with Crippen LogP contribution in [-0.2, 0) is 10.0 Å². The van der Waals surface area contributed by atoms with Crippen molar-refractivity contribution in [2.24, 2.45) is 0 Å². The molecule has 9 heteroatoms. The molecule has 1 aromatic rings. The van der Waals surface area contributed by atoms with Crippen molar-refractivity contribution in [2.45, 2.75) is 88.2 Å². The average molecular weight is 468 g/mol. The summed E-state index contributed by atoms with van der Waals surface area (Å²) in [6.45, 7) is 2.90. The van der Waals surface area contributed by atoms with E-state index in [2.05, 4.69) is 17.0 Å². The van der Waals surface area contributed by atoms with Gasteiger partial charge < -0.3 is 11.1 Å². The van der Waals surface area contributed by atoms with Gasteiger partial charge in [0.15, 0.2) is 9.32 Å². The van der Waals surface area contributed by atoms with Crippen LogP contribution in [0.2, 0.25) is 4.34 Å². The lowest BCUT2D eigenvalue weighted by atomic mass is 10.1. The maximum absolute atomic E-state index is 12.2. The molecule has 1 aromatic heterocycles. The molecule has 0 aliphatic rings. The summed E-state index contributed by atoms with van der Waals surface area (Å²) in [5.41, 5.74) is 5.80. The molecule has 0 saturated carbocycles. The number of nitrogen functional groups attached to an aromatic ring is 1. The first kappa shape index (κ1) is 25.5. The molecule has 0 saturated heterocycles. The van der Waals surface area contributed by atoms with Gasteiger partial charge in [-0.25, -0.2) is 8.42 Å². The first-order valence-electron chi connectivity index (χ1n) is 10.2. The third kappa shape index (κ3) is 10.8. The van der Waals surface area contributed by atoms with E-state index in [1.54, 1.807) is 0 Å². The Hall–Kier alpha value is -0.570. The third-order valence-corrected chi connectivity index (χ3v) is 8.04. The van der Waals surface area contributed by atoms with Crippen molar-refractivity contribution < 1.29 is 8.42 Å². The summed E-state index contributed by atoms with van der Waals surface area (Å²) in [5, 5.41) is 3.03. The van der Waals surface area contributed by atoms with Gasteiger partial charge in [-0.05, 0) is 24.7 Å². The lowest BCUT2D eigenvalue weighted by Gasteiger charge is -2.10. The molecule has 5 nitrogen and oxygen atoms in total. The quantitative estimate of drug-likeness (QED) is 0.223. The first-order valence-corrected chi connectivity index (χ1v) is 13.3. The van der Waals surface area contributed by atoms with Gasteiger partial charge in [-0.3, -0.25) is 4.72 Å². The van der Waals surface area contributed by atoms with Crippen molar-refractivity contribution in [3.63, 3.8) is 0 Å². The molecule has 0 unspecified atom stereocenters. The number of rotatable bonds is 15. The Kier molecular flexibility index (Phi) is 13.1. The Morgan fingerprint density at radius 3 is 2.00 bits per heavy atom. The zero-order valence-corrected chi connectivity index (χ0v) is 20.0. The number of sulfonamides is 1. The van der Waals surface area contributed by atoms with Gasteiger partial charge in [-0.2, -0.15) is 0 Å². The fourth-order valence-electron chi connectivity index (χ4n) is 2.94. The van der Waals surface area contributed by atoms with Gasteiger partial charge in [-0.1, -0.05) is 89.2 Å². The molecule has 28 heavy (non-hydrogen) atoms. The molecule has 0 amide bonds. The van der Waals surface area contributed by atoms with Gasteiger partial charge >= 0.3 is 0 Å². The Morgan fingerprint density at radius 1 is 1.04 bits per heavy atom. The van der Waals surface area contributed by atoms with Crippen molar-refractivity contribution >= 4 is 56.0 Å². The van der Waals surface area contributed by atoms with Crippen LogP contribution in [0.15, 0.2) is 10.3 Å². The van der Waals surface area contributed by atoms with E-state index in [1.807, 2.05) is 0 Å². The zero-order valence-electron chi connectivity index (χ0n) is 16.8. The van der Waals surface area contributed by atoms with Crippen LogP contribution in [0.5, 0.6) is 0 Å². The van der Waals surface area contributed by atoms with E-state index >= 15 is 0 Å². The summed E-state index contributed by atoms with van der Waals surface area (Å²) in [5.74, 6) is 0. The summed E-state index contributed by atoms with van der Waals surface area (Å²) in [7, 11) is -3.78. The fourth-order valence-corrected chi connectivity index (χ4v) is 6.01. The predicted octanol–water partition coefficient (Wildman–Crippen LogP) is 5.84. The summed E-state index contributed by atoms with van der Waals surface area (Å²) in [6.07, 6.45) is 15.4. The second-order valence-corrected chi connectivity index (χ2v) is 11.0. The molecule has 0 atom stereocenters. The van der Waals surface area contributed by atoms with E-state index in [4.69, 9.17) is 29.6 Å². The molecule has 0 bridgehead atoms. The third-order valence-electron chi connectivity index (χ3n) is 4.48. The smallest absolute Gasteiger partial charge is 0.275 e.